The summed E-state index contributed by atoms with van der Waals surface area (Å²) >= 11 is 0. The summed E-state index contributed by atoms with van der Waals surface area (Å²) < 4.78 is 0. The fourth-order valence-electron chi connectivity index (χ4n) is 2.56. The van der Waals surface area contributed by atoms with Crippen LogP contribution in [0.1, 0.15) is 83.1 Å². The quantitative estimate of drug-likeness (QED) is 0.304. The van der Waals surface area contributed by atoms with Crippen molar-refractivity contribution in [2.75, 3.05) is 0 Å². The molecule has 0 aliphatic rings. The van der Waals surface area contributed by atoms with Gasteiger partial charge in [0.2, 0.25) is 0 Å². The molecule has 0 N–H and O–H groups in total. The smallest absolute Gasteiger partial charge is 0.00104 e. The van der Waals surface area contributed by atoms with E-state index in [0.29, 0.717) is 5.92 Å². The van der Waals surface area contributed by atoms with Gasteiger partial charge in [-0.2, -0.15) is 0 Å². The first kappa shape index (κ1) is 17.0. The second kappa shape index (κ2) is 11.8. The molecule has 0 aliphatic carbocycles. The Hall–Kier alpha value is -1.04. The topological polar surface area (TPSA) is 0 Å². The highest BCUT2D eigenvalue weighted by Gasteiger charge is 1.98. The van der Waals surface area contributed by atoms with Gasteiger partial charge in [-0.25, -0.2) is 0 Å². The summed E-state index contributed by atoms with van der Waals surface area (Å²) in [5.41, 5.74) is 1.42. The SMILES string of the molecule is CCCCCCCCCC/C=C/C(C)c1ccccc1. The number of benzene rings is 1. The van der Waals surface area contributed by atoms with Crippen LogP contribution in [0.25, 0.3) is 0 Å². The standard InChI is InChI=1S/C20H32/c1-3-4-5-6-7-8-9-10-11-13-16-19(2)20-17-14-12-15-18-20/h12-19H,3-11H2,1-2H3/b16-13+. The predicted molar refractivity (Wildman–Crippen MR) is 91.2 cm³/mol. The largest absolute Gasteiger partial charge is 0.0879 e. The van der Waals surface area contributed by atoms with Crippen LogP contribution in [-0.2, 0) is 0 Å². The molecule has 0 nitrogen and oxygen atoms in total. The zero-order valence-electron chi connectivity index (χ0n) is 13.5. The van der Waals surface area contributed by atoms with E-state index in [9.17, 15) is 0 Å². The maximum absolute atomic E-state index is 2.37. The summed E-state index contributed by atoms with van der Waals surface area (Å²) in [4.78, 5) is 0. The molecule has 0 aromatic heterocycles. The van der Waals surface area contributed by atoms with E-state index in [4.69, 9.17) is 0 Å². The molecule has 0 spiro atoms. The van der Waals surface area contributed by atoms with Crippen molar-refractivity contribution in [1.82, 2.24) is 0 Å². The minimum atomic E-state index is 0.547. The zero-order valence-corrected chi connectivity index (χ0v) is 13.5. The highest BCUT2D eigenvalue weighted by Crippen LogP contribution is 2.16. The number of rotatable bonds is 11. The molecular formula is C20H32. The fourth-order valence-corrected chi connectivity index (χ4v) is 2.56. The molecule has 1 aromatic carbocycles. The van der Waals surface area contributed by atoms with E-state index in [0.717, 1.165) is 0 Å². The average molecular weight is 272 g/mol. The van der Waals surface area contributed by atoms with E-state index in [1.807, 2.05) is 0 Å². The normalized spacial score (nSPS) is 12.9. The molecule has 1 atom stereocenters. The van der Waals surface area contributed by atoms with Gasteiger partial charge in [-0.15, -0.1) is 0 Å². The van der Waals surface area contributed by atoms with E-state index in [1.165, 1.54) is 63.4 Å². The van der Waals surface area contributed by atoms with Crippen LogP contribution < -0.4 is 0 Å². The van der Waals surface area contributed by atoms with Crippen molar-refractivity contribution < 1.29 is 0 Å². The molecule has 1 aromatic rings. The van der Waals surface area contributed by atoms with Crippen LogP contribution >= 0.6 is 0 Å². The minimum Gasteiger partial charge on any atom is -0.0879 e. The van der Waals surface area contributed by atoms with Crippen molar-refractivity contribution in [3.8, 4) is 0 Å². The molecule has 0 saturated heterocycles. The highest BCUT2D eigenvalue weighted by atomic mass is 14.0. The Bertz CT molecular complexity index is 336. The zero-order chi connectivity index (χ0) is 14.5. The lowest BCUT2D eigenvalue weighted by atomic mass is 10.00. The van der Waals surface area contributed by atoms with Crippen LogP contribution in [0, 0.1) is 0 Å². The molecule has 0 fully saturated rings. The third-order valence-corrected chi connectivity index (χ3v) is 3.97. The first-order chi connectivity index (χ1) is 9.84. The van der Waals surface area contributed by atoms with Crippen LogP contribution in [0.2, 0.25) is 0 Å². The summed E-state index contributed by atoms with van der Waals surface area (Å²) in [6.45, 7) is 4.56. The predicted octanol–water partition coefficient (Wildman–Crippen LogP) is 6.88. The maximum atomic E-state index is 2.37. The lowest BCUT2D eigenvalue weighted by molar-refractivity contribution is 0.577. The van der Waals surface area contributed by atoms with E-state index < -0.39 is 0 Å². The van der Waals surface area contributed by atoms with Crippen molar-refractivity contribution in [2.24, 2.45) is 0 Å². The molecule has 0 bridgehead atoms. The fraction of sp³-hybridized carbons (Fsp3) is 0.600. The Labute approximate surface area is 126 Å². The molecule has 0 amide bonds. The molecule has 20 heavy (non-hydrogen) atoms. The maximum Gasteiger partial charge on any atom is -0.00104 e. The van der Waals surface area contributed by atoms with Gasteiger partial charge in [0.15, 0.2) is 0 Å². The van der Waals surface area contributed by atoms with Gasteiger partial charge in [0.05, 0.1) is 0 Å². The van der Waals surface area contributed by atoms with Gasteiger partial charge in [0, 0.05) is 0 Å². The second-order valence-electron chi connectivity index (χ2n) is 5.89. The van der Waals surface area contributed by atoms with E-state index >= 15 is 0 Å². The number of hydrogen-bond donors (Lipinski definition) is 0. The molecule has 0 radical (unpaired) electrons. The van der Waals surface area contributed by atoms with Gasteiger partial charge in [-0.05, 0) is 24.3 Å². The summed E-state index contributed by atoms with van der Waals surface area (Å²) in [6, 6.07) is 10.8. The van der Waals surface area contributed by atoms with Crippen LogP contribution in [0.4, 0.5) is 0 Å². The molecule has 112 valence electrons. The first-order valence-electron chi connectivity index (χ1n) is 8.56. The van der Waals surface area contributed by atoms with Gasteiger partial charge in [-0.1, -0.05) is 101 Å². The summed E-state index contributed by atoms with van der Waals surface area (Å²) in [5.74, 6) is 0.547. The van der Waals surface area contributed by atoms with E-state index in [1.54, 1.807) is 0 Å². The molecule has 0 heterocycles. The molecular weight excluding hydrogens is 240 g/mol. The van der Waals surface area contributed by atoms with Crippen molar-refractivity contribution in [2.45, 2.75) is 77.6 Å². The van der Waals surface area contributed by atoms with Crippen molar-refractivity contribution in [3.05, 3.63) is 48.0 Å². The van der Waals surface area contributed by atoms with Crippen molar-refractivity contribution >= 4 is 0 Å². The van der Waals surface area contributed by atoms with Crippen molar-refractivity contribution in [1.29, 1.82) is 0 Å². The molecule has 0 saturated carbocycles. The Morgan fingerprint density at radius 1 is 0.850 bits per heavy atom. The lowest BCUT2D eigenvalue weighted by Gasteiger charge is -2.05. The van der Waals surface area contributed by atoms with E-state index in [-0.39, 0.29) is 0 Å². The van der Waals surface area contributed by atoms with Crippen LogP contribution in [0.3, 0.4) is 0 Å². The third kappa shape index (κ3) is 8.19. The molecule has 1 unspecified atom stereocenters. The number of unbranched alkanes of at least 4 members (excludes halogenated alkanes) is 8. The third-order valence-electron chi connectivity index (χ3n) is 3.97. The van der Waals surface area contributed by atoms with Gasteiger partial charge < -0.3 is 0 Å². The number of allylic oxidation sites excluding steroid dienone is 2. The van der Waals surface area contributed by atoms with E-state index in [2.05, 4.69) is 56.3 Å². The number of hydrogen-bond acceptors (Lipinski definition) is 0. The summed E-state index contributed by atoms with van der Waals surface area (Å²) in [6.07, 6.45) is 17.2. The van der Waals surface area contributed by atoms with Crippen LogP contribution in [-0.4, -0.2) is 0 Å². The Balaban J connectivity index is 1.99. The Kier molecular flexibility index (Phi) is 10.0. The lowest BCUT2D eigenvalue weighted by Crippen LogP contribution is -1.87. The average Bonchev–Trinajstić information content (AvgIpc) is 2.50. The van der Waals surface area contributed by atoms with Gasteiger partial charge in [0.25, 0.3) is 0 Å². The van der Waals surface area contributed by atoms with Gasteiger partial charge in [-0.3, -0.25) is 0 Å². The van der Waals surface area contributed by atoms with Gasteiger partial charge >= 0.3 is 0 Å². The molecule has 0 aliphatic heterocycles. The second-order valence-corrected chi connectivity index (χ2v) is 5.89. The Morgan fingerprint density at radius 2 is 1.45 bits per heavy atom. The monoisotopic (exact) mass is 272 g/mol. The molecule has 0 heteroatoms. The minimum absolute atomic E-state index is 0.547. The first-order valence-corrected chi connectivity index (χ1v) is 8.56. The Morgan fingerprint density at radius 3 is 2.10 bits per heavy atom. The van der Waals surface area contributed by atoms with Gasteiger partial charge in [0.1, 0.15) is 0 Å². The van der Waals surface area contributed by atoms with Crippen LogP contribution in [0.15, 0.2) is 42.5 Å². The van der Waals surface area contributed by atoms with Crippen LogP contribution in [0.5, 0.6) is 0 Å². The van der Waals surface area contributed by atoms with Crippen molar-refractivity contribution in [3.63, 3.8) is 0 Å². The highest BCUT2D eigenvalue weighted by molar-refractivity contribution is 5.22. The summed E-state index contributed by atoms with van der Waals surface area (Å²) in [5, 5.41) is 0. The summed E-state index contributed by atoms with van der Waals surface area (Å²) in [7, 11) is 0. The molecule has 1 rings (SSSR count).